The summed E-state index contributed by atoms with van der Waals surface area (Å²) in [5, 5.41) is 0. The van der Waals surface area contributed by atoms with E-state index in [4.69, 9.17) is 5.73 Å². The highest BCUT2D eigenvalue weighted by atomic mass is 19.4. The first-order valence-corrected chi connectivity index (χ1v) is 8.95. The molecular formula is C22H20F4N2O. The molecule has 2 aromatic rings. The lowest BCUT2D eigenvalue weighted by Gasteiger charge is -2.33. The van der Waals surface area contributed by atoms with E-state index in [1.165, 1.54) is 17.0 Å². The molecule has 1 aliphatic heterocycles. The highest BCUT2D eigenvalue weighted by molar-refractivity contribution is 5.98. The van der Waals surface area contributed by atoms with Crippen LogP contribution >= 0.6 is 0 Å². The Morgan fingerprint density at radius 1 is 1.07 bits per heavy atom. The SMILES string of the molecule is Cc1ccc(C2=C(C(F)(F)F)C=C(N)CN2CC(=O)c2ccc(F)cc2)cc1C. The monoisotopic (exact) mass is 404 g/mol. The quantitative estimate of drug-likeness (QED) is 0.591. The molecule has 3 nitrogen and oxygen atoms in total. The standard InChI is InChI=1S/C22H20F4N2O/c1-13-3-4-16(9-14(13)2)21-19(22(24,25)26)10-18(27)11-28(21)12-20(29)15-5-7-17(23)8-6-15/h3-10H,11-12,27H2,1-2H3. The van der Waals surface area contributed by atoms with Crippen LogP contribution in [0, 0.1) is 19.7 Å². The van der Waals surface area contributed by atoms with E-state index in [0.29, 0.717) is 5.56 Å². The summed E-state index contributed by atoms with van der Waals surface area (Å²) in [6.45, 7) is 3.34. The van der Waals surface area contributed by atoms with Crippen LogP contribution < -0.4 is 5.73 Å². The summed E-state index contributed by atoms with van der Waals surface area (Å²) < 4.78 is 54.5. The van der Waals surface area contributed by atoms with Gasteiger partial charge < -0.3 is 10.6 Å². The minimum Gasteiger partial charge on any atom is -0.401 e. The number of ketones is 1. The zero-order chi connectivity index (χ0) is 21.3. The van der Waals surface area contributed by atoms with E-state index in [9.17, 15) is 22.4 Å². The van der Waals surface area contributed by atoms with Crippen molar-refractivity contribution in [2.45, 2.75) is 20.0 Å². The van der Waals surface area contributed by atoms with Gasteiger partial charge in [-0.05, 0) is 66.9 Å². The number of nitrogens with zero attached hydrogens (tertiary/aromatic N) is 1. The van der Waals surface area contributed by atoms with Crippen LogP contribution in [0.3, 0.4) is 0 Å². The predicted octanol–water partition coefficient (Wildman–Crippen LogP) is 4.76. The van der Waals surface area contributed by atoms with Crippen molar-refractivity contribution in [2.24, 2.45) is 5.73 Å². The molecule has 0 saturated carbocycles. The number of allylic oxidation sites excluding steroid dienone is 2. The number of aryl methyl sites for hydroxylation is 2. The average Bonchev–Trinajstić information content (AvgIpc) is 2.63. The Morgan fingerprint density at radius 2 is 1.72 bits per heavy atom. The number of carbonyl (C=O) groups excluding carboxylic acids is 1. The summed E-state index contributed by atoms with van der Waals surface area (Å²) in [5.41, 5.74) is 7.15. The number of benzene rings is 2. The van der Waals surface area contributed by atoms with Gasteiger partial charge in [-0.3, -0.25) is 4.79 Å². The smallest absolute Gasteiger partial charge is 0.401 e. The van der Waals surface area contributed by atoms with Crippen LogP contribution in [0.2, 0.25) is 0 Å². The Labute approximate surface area is 166 Å². The number of hydrogen-bond donors (Lipinski definition) is 1. The van der Waals surface area contributed by atoms with Gasteiger partial charge in [0.2, 0.25) is 0 Å². The van der Waals surface area contributed by atoms with Crippen LogP contribution in [-0.2, 0) is 0 Å². The van der Waals surface area contributed by atoms with Crippen molar-refractivity contribution >= 4 is 11.5 Å². The molecule has 0 spiro atoms. The first-order valence-electron chi connectivity index (χ1n) is 8.95. The van der Waals surface area contributed by atoms with E-state index in [1.54, 1.807) is 18.2 Å². The van der Waals surface area contributed by atoms with Crippen LogP contribution in [0.5, 0.6) is 0 Å². The minimum absolute atomic E-state index is 0.0109. The van der Waals surface area contributed by atoms with E-state index in [1.807, 2.05) is 13.8 Å². The van der Waals surface area contributed by atoms with Crippen molar-refractivity contribution in [1.82, 2.24) is 4.90 Å². The summed E-state index contributed by atoms with van der Waals surface area (Å²) in [6.07, 6.45) is -3.72. The molecule has 0 amide bonds. The Hall–Kier alpha value is -3.09. The normalized spacial score (nSPS) is 14.8. The van der Waals surface area contributed by atoms with Crippen molar-refractivity contribution in [3.8, 4) is 0 Å². The third kappa shape index (κ3) is 4.50. The second-order valence-corrected chi connectivity index (χ2v) is 7.06. The number of carbonyl (C=O) groups is 1. The fourth-order valence-electron chi connectivity index (χ4n) is 3.25. The predicted molar refractivity (Wildman–Crippen MR) is 103 cm³/mol. The van der Waals surface area contributed by atoms with Gasteiger partial charge in [-0.15, -0.1) is 0 Å². The molecule has 152 valence electrons. The van der Waals surface area contributed by atoms with E-state index in [-0.39, 0.29) is 30.0 Å². The summed E-state index contributed by atoms with van der Waals surface area (Å²) in [5.74, 6) is -0.927. The number of alkyl halides is 3. The largest absolute Gasteiger partial charge is 0.418 e. The van der Waals surface area contributed by atoms with Crippen molar-refractivity contribution in [2.75, 3.05) is 13.1 Å². The Morgan fingerprint density at radius 3 is 2.31 bits per heavy atom. The molecule has 0 radical (unpaired) electrons. The lowest BCUT2D eigenvalue weighted by Crippen LogP contribution is -2.37. The van der Waals surface area contributed by atoms with E-state index in [2.05, 4.69) is 0 Å². The van der Waals surface area contributed by atoms with E-state index in [0.717, 1.165) is 29.3 Å². The maximum Gasteiger partial charge on any atom is 0.418 e. The second-order valence-electron chi connectivity index (χ2n) is 7.06. The Bertz CT molecular complexity index is 1000. The molecule has 0 unspecified atom stereocenters. The number of rotatable bonds is 4. The summed E-state index contributed by atoms with van der Waals surface area (Å²) in [7, 11) is 0. The summed E-state index contributed by atoms with van der Waals surface area (Å²) in [6, 6.07) is 9.91. The molecular weight excluding hydrogens is 384 g/mol. The van der Waals surface area contributed by atoms with Crippen LogP contribution in [0.25, 0.3) is 5.70 Å². The number of nitrogens with two attached hydrogens (primary N) is 1. The van der Waals surface area contributed by atoms with Gasteiger partial charge in [-0.2, -0.15) is 13.2 Å². The Kier molecular flexibility index (Phi) is 5.50. The lowest BCUT2D eigenvalue weighted by atomic mass is 9.96. The molecule has 0 aromatic heterocycles. The van der Waals surface area contributed by atoms with Crippen LogP contribution in [-0.4, -0.2) is 29.9 Å². The third-order valence-electron chi connectivity index (χ3n) is 4.86. The van der Waals surface area contributed by atoms with Gasteiger partial charge in [0, 0.05) is 11.3 Å². The fourth-order valence-corrected chi connectivity index (χ4v) is 3.25. The van der Waals surface area contributed by atoms with Gasteiger partial charge in [-0.25, -0.2) is 4.39 Å². The summed E-state index contributed by atoms with van der Waals surface area (Å²) >= 11 is 0. The highest BCUT2D eigenvalue weighted by Crippen LogP contribution is 2.38. The van der Waals surface area contributed by atoms with Crippen molar-refractivity contribution < 1.29 is 22.4 Å². The van der Waals surface area contributed by atoms with E-state index >= 15 is 0 Å². The van der Waals surface area contributed by atoms with Gasteiger partial charge in [-0.1, -0.05) is 12.1 Å². The minimum atomic E-state index is -4.64. The topological polar surface area (TPSA) is 46.3 Å². The molecule has 7 heteroatoms. The molecule has 2 N–H and O–H groups in total. The van der Waals surface area contributed by atoms with Gasteiger partial charge in [0.1, 0.15) is 5.82 Å². The van der Waals surface area contributed by atoms with E-state index < -0.39 is 23.3 Å². The maximum absolute atomic E-state index is 13.8. The first kappa shape index (κ1) is 20.6. The zero-order valence-corrected chi connectivity index (χ0v) is 16.0. The first-order chi connectivity index (χ1) is 13.6. The molecule has 29 heavy (non-hydrogen) atoms. The molecule has 2 aromatic carbocycles. The number of Topliss-reactive ketones (excluding diaryl/α,β-unsaturated/α-hetero) is 1. The second kappa shape index (κ2) is 7.73. The Balaban J connectivity index is 2.07. The molecule has 1 heterocycles. The molecule has 0 fully saturated rings. The van der Waals surface area contributed by atoms with Gasteiger partial charge in [0.25, 0.3) is 0 Å². The van der Waals surface area contributed by atoms with Crippen molar-refractivity contribution in [3.05, 3.63) is 87.9 Å². The van der Waals surface area contributed by atoms with Crippen LogP contribution in [0.4, 0.5) is 17.6 Å². The lowest BCUT2D eigenvalue weighted by molar-refractivity contribution is -0.0887. The van der Waals surface area contributed by atoms with Crippen molar-refractivity contribution in [1.29, 1.82) is 0 Å². The van der Waals surface area contributed by atoms with Gasteiger partial charge in [0.05, 0.1) is 24.4 Å². The van der Waals surface area contributed by atoms with Crippen LogP contribution in [0.15, 0.2) is 59.8 Å². The number of hydrogen-bond acceptors (Lipinski definition) is 3. The van der Waals surface area contributed by atoms with Gasteiger partial charge >= 0.3 is 6.18 Å². The van der Waals surface area contributed by atoms with Crippen LogP contribution in [0.1, 0.15) is 27.0 Å². The molecule has 0 saturated heterocycles. The van der Waals surface area contributed by atoms with Crippen molar-refractivity contribution in [3.63, 3.8) is 0 Å². The molecule has 1 aliphatic rings. The third-order valence-corrected chi connectivity index (χ3v) is 4.86. The maximum atomic E-state index is 13.8. The fraction of sp³-hybridized carbons (Fsp3) is 0.227. The zero-order valence-electron chi connectivity index (χ0n) is 16.0. The van der Waals surface area contributed by atoms with Gasteiger partial charge in [0.15, 0.2) is 5.78 Å². The highest BCUT2D eigenvalue weighted by Gasteiger charge is 2.39. The number of halogens is 4. The summed E-state index contributed by atoms with van der Waals surface area (Å²) in [4.78, 5) is 14.0. The molecule has 0 aliphatic carbocycles. The molecule has 3 rings (SSSR count). The molecule has 0 atom stereocenters. The average molecular weight is 404 g/mol. The molecule has 0 bridgehead atoms.